The summed E-state index contributed by atoms with van der Waals surface area (Å²) in [6, 6.07) is 14.3. The predicted octanol–water partition coefficient (Wildman–Crippen LogP) is 2.83. The number of carbonyl (C=O) groups is 1. The highest BCUT2D eigenvalue weighted by molar-refractivity contribution is 5.93. The molecule has 3 heterocycles. The molecule has 1 amide bonds. The zero-order chi connectivity index (χ0) is 19.8. The van der Waals surface area contributed by atoms with Crippen LogP contribution in [0, 0.1) is 5.92 Å². The molecule has 1 aliphatic heterocycles. The number of carbonyl (C=O) groups excluding carboxylic acids is 1. The molecule has 29 heavy (non-hydrogen) atoms. The third-order valence-electron chi connectivity index (χ3n) is 6.26. The molecule has 1 saturated heterocycles. The fraction of sp³-hybridized carbons (Fsp3) is 0.391. The SMILES string of the molecule is CN1CCN(c2ccc(NC(=O)C3CCc4nc5ccccn5c4C3)cc2)CC1. The van der Waals surface area contributed by atoms with Gasteiger partial charge in [-0.15, -0.1) is 0 Å². The minimum absolute atomic E-state index is 0.0140. The number of imidazole rings is 1. The summed E-state index contributed by atoms with van der Waals surface area (Å²) in [4.78, 5) is 22.4. The molecule has 3 aromatic rings. The molecule has 0 saturated carbocycles. The summed E-state index contributed by atoms with van der Waals surface area (Å²) in [6.07, 6.45) is 4.49. The first-order valence-corrected chi connectivity index (χ1v) is 10.5. The largest absolute Gasteiger partial charge is 0.369 e. The second-order valence-corrected chi connectivity index (χ2v) is 8.20. The Morgan fingerprint density at radius 3 is 2.66 bits per heavy atom. The fourth-order valence-corrected chi connectivity index (χ4v) is 4.45. The van der Waals surface area contributed by atoms with Crippen LogP contribution in [-0.2, 0) is 17.6 Å². The van der Waals surface area contributed by atoms with E-state index in [1.807, 2.05) is 36.5 Å². The summed E-state index contributed by atoms with van der Waals surface area (Å²) >= 11 is 0. The number of nitrogens with zero attached hydrogens (tertiary/aromatic N) is 4. The summed E-state index contributed by atoms with van der Waals surface area (Å²) in [6.45, 7) is 4.27. The number of aryl methyl sites for hydroxylation is 1. The average molecular weight is 390 g/mol. The predicted molar refractivity (Wildman–Crippen MR) is 115 cm³/mol. The molecule has 0 spiro atoms. The zero-order valence-electron chi connectivity index (χ0n) is 16.8. The minimum Gasteiger partial charge on any atom is -0.369 e. The highest BCUT2D eigenvalue weighted by Crippen LogP contribution is 2.28. The van der Waals surface area contributed by atoms with Crippen molar-refractivity contribution in [1.82, 2.24) is 14.3 Å². The first-order chi connectivity index (χ1) is 14.2. The van der Waals surface area contributed by atoms with Gasteiger partial charge in [0.15, 0.2) is 0 Å². The maximum absolute atomic E-state index is 12.9. The van der Waals surface area contributed by atoms with Crippen LogP contribution in [0.5, 0.6) is 0 Å². The Bertz CT molecular complexity index is 1020. The highest BCUT2D eigenvalue weighted by Gasteiger charge is 2.28. The standard InChI is InChI=1S/C23H27N5O/c1-26-12-14-27(15-13-26)19-8-6-18(7-9-19)24-23(29)17-5-10-20-21(16-17)28-11-3-2-4-22(28)25-20/h2-4,6-9,11,17H,5,10,12-16H2,1H3,(H,24,29). The molecule has 6 heteroatoms. The van der Waals surface area contributed by atoms with E-state index in [9.17, 15) is 4.79 Å². The van der Waals surface area contributed by atoms with E-state index >= 15 is 0 Å². The molecule has 1 aliphatic carbocycles. The summed E-state index contributed by atoms with van der Waals surface area (Å²) in [5, 5.41) is 3.12. The van der Waals surface area contributed by atoms with Crippen LogP contribution < -0.4 is 10.2 Å². The fourth-order valence-electron chi connectivity index (χ4n) is 4.45. The number of hydrogen-bond donors (Lipinski definition) is 1. The van der Waals surface area contributed by atoms with Gasteiger partial charge in [-0.2, -0.15) is 0 Å². The van der Waals surface area contributed by atoms with Gasteiger partial charge in [0, 0.05) is 61.8 Å². The van der Waals surface area contributed by atoms with Gasteiger partial charge in [-0.3, -0.25) is 4.79 Å². The smallest absolute Gasteiger partial charge is 0.227 e. The summed E-state index contributed by atoms with van der Waals surface area (Å²) in [7, 11) is 2.16. The van der Waals surface area contributed by atoms with Crippen molar-refractivity contribution in [3.63, 3.8) is 0 Å². The maximum Gasteiger partial charge on any atom is 0.227 e. The second kappa shape index (κ2) is 7.52. The molecule has 1 atom stereocenters. The van der Waals surface area contributed by atoms with Crippen molar-refractivity contribution in [3.05, 3.63) is 60.0 Å². The second-order valence-electron chi connectivity index (χ2n) is 8.20. The van der Waals surface area contributed by atoms with Crippen LogP contribution in [0.4, 0.5) is 11.4 Å². The number of aromatic nitrogens is 2. The number of benzene rings is 1. The normalized spacial score (nSPS) is 19.9. The maximum atomic E-state index is 12.9. The number of rotatable bonds is 3. The van der Waals surface area contributed by atoms with Gasteiger partial charge >= 0.3 is 0 Å². The molecule has 150 valence electrons. The van der Waals surface area contributed by atoms with Gasteiger partial charge in [0.05, 0.1) is 5.69 Å². The van der Waals surface area contributed by atoms with E-state index in [2.05, 4.69) is 38.7 Å². The molecule has 0 radical (unpaired) electrons. The van der Waals surface area contributed by atoms with Crippen molar-refractivity contribution in [2.75, 3.05) is 43.4 Å². The van der Waals surface area contributed by atoms with Gasteiger partial charge in [0.25, 0.3) is 0 Å². The van der Waals surface area contributed by atoms with Gasteiger partial charge < -0.3 is 19.5 Å². The van der Waals surface area contributed by atoms with E-state index in [-0.39, 0.29) is 11.8 Å². The molecule has 1 fully saturated rings. The number of amides is 1. The van der Waals surface area contributed by atoms with Gasteiger partial charge in [-0.1, -0.05) is 6.07 Å². The highest BCUT2D eigenvalue weighted by atomic mass is 16.1. The van der Waals surface area contributed by atoms with Gasteiger partial charge in [0.2, 0.25) is 5.91 Å². The molecule has 1 aromatic carbocycles. The number of likely N-dealkylation sites (N-methyl/N-ethyl adjacent to an activating group) is 1. The lowest BCUT2D eigenvalue weighted by Crippen LogP contribution is -2.44. The van der Waals surface area contributed by atoms with E-state index in [1.54, 1.807) is 0 Å². The molecule has 2 aliphatic rings. The number of hydrogen-bond acceptors (Lipinski definition) is 4. The van der Waals surface area contributed by atoms with E-state index in [0.29, 0.717) is 0 Å². The Morgan fingerprint density at radius 1 is 1.07 bits per heavy atom. The summed E-state index contributed by atoms with van der Waals surface area (Å²) in [5.41, 5.74) is 5.38. The Morgan fingerprint density at radius 2 is 1.86 bits per heavy atom. The Balaban J connectivity index is 1.25. The molecular formula is C23H27N5O. The van der Waals surface area contributed by atoms with Crippen molar-refractivity contribution in [2.45, 2.75) is 19.3 Å². The van der Waals surface area contributed by atoms with Crippen molar-refractivity contribution in [1.29, 1.82) is 0 Å². The van der Waals surface area contributed by atoms with Crippen LogP contribution in [0.1, 0.15) is 17.8 Å². The molecule has 1 unspecified atom stereocenters. The molecule has 5 rings (SSSR count). The molecule has 2 aromatic heterocycles. The summed E-state index contributed by atoms with van der Waals surface area (Å²) in [5.74, 6) is 0.0915. The van der Waals surface area contributed by atoms with E-state index in [4.69, 9.17) is 4.98 Å². The lowest BCUT2D eigenvalue weighted by atomic mass is 9.89. The Hall–Kier alpha value is -2.86. The number of anilines is 2. The number of fused-ring (bicyclic) bond motifs is 3. The molecule has 1 N–H and O–H groups in total. The van der Waals surface area contributed by atoms with Gasteiger partial charge in [-0.25, -0.2) is 4.98 Å². The lowest BCUT2D eigenvalue weighted by molar-refractivity contribution is -0.120. The minimum atomic E-state index is -0.0140. The third-order valence-corrected chi connectivity index (χ3v) is 6.26. The molecule has 0 bridgehead atoms. The lowest BCUT2D eigenvalue weighted by Gasteiger charge is -2.34. The first kappa shape index (κ1) is 18.2. The van der Waals surface area contributed by atoms with Gasteiger partial charge in [0.1, 0.15) is 5.65 Å². The van der Waals surface area contributed by atoms with Crippen LogP contribution in [0.15, 0.2) is 48.7 Å². The van der Waals surface area contributed by atoms with Gasteiger partial charge in [-0.05, 0) is 56.3 Å². The number of nitrogens with one attached hydrogen (secondary N) is 1. The Labute approximate surface area is 171 Å². The zero-order valence-corrected chi connectivity index (χ0v) is 16.8. The van der Waals surface area contributed by atoms with Crippen molar-refractivity contribution >= 4 is 22.9 Å². The number of pyridine rings is 1. The van der Waals surface area contributed by atoms with Crippen LogP contribution in [0.25, 0.3) is 5.65 Å². The Kier molecular flexibility index (Phi) is 4.72. The van der Waals surface area contributed by atoms with E-state index in [1.165, 1.54) is 11.4 Å². The van der Waals surface area contributed by atoms with E-state index < -0.39 is 0 Å². The molecular weight excluding hydrogens is 362 g/mol. The third kappa shape index (κ3) is 3.60. The van der Waals surface area contributed by atoms with Crippen molar-refractivity contribution in [3.8, 4) is 0 Å². The first-order valence-electron chi connectivity index (χ1n) is 10.5. The monoisotopic (exact) mass is 389 g/mol. The molecule has 6 nitrogen and oxygen atoms in total. The van der Waals surface area contributed by atoms with Crippen LogP contribution >= 0.6 is 0 Å². The van der Waals surface area contributed by atoms with Crippen molar-refractivity contribution in [2.24, 2.45) is 5.92 Å². The van der Waals surface area contributed by atoms with Crippen molar-refractivity contribution < 1.29 is 4.79 Å². The topological polar surface area (TPSA) is 52.9 Å². The van der Waals surface area contributed by atoms with Crippen LogP contribution in [0.2, 0.25) is 0 Å². The van der Waals surface area contributed by atoms with E-state index in [0.717, 1.165) is 62.5 Å². The van der Waals surface area contributed by atoms with Crippen LogP contribution in [0.3, 0.4) is 0 Å². The quantitative estimate of drug-likeness (QED) is 0.748. The number of piperazine rings is 1. The van der Waals surface area contributed by atoms with Crippen LogP contribution in [-0.4, -0.2) is 53.4 Å². The summed E-state index contributed by atoms with van der Waals surface area (Å²) < 4.78 is 2.12. The average Bonchev–Trinajstić information content (AvgIpc) is 3.13.